The maximum atomic E-state index is 10.6. The SMILES string of the molecule is C[C@H](Nc1ccc(C#N)cc1)[C@H]1CC[C@H]2[C@@H]3CC[C@@H]4C[C@](C)(O)CC[C@@H]4[C@H]3CC[C@]12C. The minimum Gasteiger partial charge on any atom is -0.390 e. The summed E-state index contributed by atoms with van der Waals surface area (Å²) in [5, 5.41) is 23.5. The summed E-state index contributed by atoms with van der Waals surface area (Å²) in [5.74, 6) is 5.06. The topological polar surface area (TPSA) is 56.0 Å². The van der Waals surface area contributed by atoms with Crippen LogP contribution in [0.25, 0.3) is 0 Å². The van der Waals surface area contributed by atoms with Crippen LogP contribution in [0.15, 0.2) is 24.3 Å². The molecule has 0 bridgehead atoms. The normalized spacial score (nSPS) is 45.0. The van der Waals surface area contributed by atoms with Crippen LogP contribution in [-0.2, 0) is 0 Å². The summed E-state index contributed by atoms with van der Waals surface area (Å²) in [6.07, 6.45) is 11.6. The van der Waals surface area contributed by atoms with E-state index in [1.807, 2.05) is 12.1 Å². The zero-order chi connectivity index (χ0) is 21.8. The van der Waals surface area contributed by atoms with Crippen LogP contribution in [0.2, 0.25) is 0 Å². The summed E-state index contributed by atoms with van der Waals surface area (Å²) in [6.45, 7) is 7.06. The second-order valence-corrected chi connectivity index (χ2v) is 12.0. The number of hydrogen-bond acceptors (Lipinski definition) is 3. The maximum Gasteiger partial charge on any atom is 0.0991 e. The Bertz CT molecular complexity index is 840. The van der Waals surface area contributed by atoms with Gasteiger partial charge < -0.3 is 10.4 Å². The lowest BCUT2D eigenvalue weighted by Gasteiger charge is -2.57. The Morgan fingerprint density at radius 2 is 1.71 bits per heavy atom. The number of nitrogens with one attached hydrogen (secondary N) is 1. The third kappa shape index (κ3) is 3.70. The van der Waals surface area contributed by atoms with Gasteiger partial charge in [-0.1, -0.05) is 6.92 Å². The van der Waals surface area contributed by atoms with Crippen LogP contribution >= 0.6 is 0 Å². The van der Waals surface area contributed by atoms with Gasteiger partial charge in [-0.3, -0.25) is 0 Å². The van der Waals surface area contributed by atoms with Crippen LogP contribution in [0.3, 0.4) is 0 Å². The van der Waals surface area contributed by atoms with E-state index in [0.29, 0.717) is 11.5 Å². The van der Waals surface area contributed by atoms with Crippen molar-refractivity contribution in [1.82, 2.24) is 0 Å². The molecule has 3 heteroatoms. The third-order valence-corrected chi connectivity index (χ3v) is 10.3. The number of nitrogens with zero attached hydrogens (tertiary/aromatic N) is 1. The maximum absolute atomic E-state index is 10.6. The predicted octanol–water partition coefficient (Wildman–Crippen LogP) is 6.38. The first-order valence-corrected chi connectivity index (χ1v) is 12.8. The fourth-order valence-electron chi connectivity index (χ4n) is 8.95. The second-order valence-electron chi connectivity index (χ2n) is 12.0. The highest BCUT2D eigenvalue weighted by Crippen LogP contribution is 2.65. The van der Waals surface area contributed by atoms with Gasteiger partial charge in [-0.2, -0.15) is 5.26 Å². The van der Waals surface area contributed by atoms with Crippen molar-refractivity contribution in [3.8, 4) is 6.07 Å². The first-order chi connectivity index (χ1) is 14.8. The van der Waals surface area contributed by atoms with Gasteiger partial charge in [0, 0.05) is 11.7 Å². The Morgan fingerprint density at radius 1 is 0.968 bits per heavy atom. The molecule has 31 heavy (non-hydrogen) atoms. The Balaban J connectivity index is 1.29. The van der Waals surface area contributed by atoms with Gasteiger partial charge in [0.1, 0.15) is 0 Å². The van der Waals surface area contributed by atoms with E-state index in [9.17, 15) is 5.11 Å². The van der Waals surface area contributed by atoms with Crippen molar-refractivity contribution < 1.29 is 5.11 Å². The monoisotopic (exact) mass is 420 g/mol. The first-order valence-electron chi connectivity index (χ1n) is 12.8. The number of rotatable bonds is 3. The molecule has 0 spiro atoms. The van der Waals surface area contributed by atoms with Gasteiger partial charge in [0.2, 0.25) is 0 Å². The molecule has 0 amide bonds. The minimum absolute atomic E-state index is 0.415. The molecule has 0 unspecified atom stereocenters. The fourth-order valence-corrected chi connectivity index (χ4v) is 8.95. The van der Waals surface area contributed by atoms with Gasteiger partial charge in [0.25, 0.3) is 0 Å². The molecule has 168 valence electrons. The number of hydrogen-bond donors (Lipinski definition) is 2. The van der Waals surface area contributed by atoms with Gasteiger partial charge in [0.05, 0.1) is 17.2 Å². The smallest absolute Gasteiger partial charge is 0.0991 e. The lowest BCUT2D eigenvalue weighted by Crippen LogP contribution is -2.51. The zero-order valence-electron chi connectivity index (χ0n) is 19.6. The Labute approximate surface area is 188 Å². The molecule has 3 nitrogen and oxygen atoms in total. The van der Waals surface area contributed by atoms with Gasteiger partial charge in [-0.25, -0.2) is 0 Å². The molecule has 1 aromatic rings. The molecule has 0 saturated heterocycles. The minimum atomic E-state index is -0.415. The van der Waals surface area contributed by atoms with Crippen LogP contribution in [0, 0.1) is 52.3 Å². The molecule has 5 rings (SSSR count). The molecule has 2 N–H and O–H groups in total. The van der Waals surface area contributed by atoms with Crippen molar-refractivity contribution in [2.24, 2.45) is 40.9 Å². The zero-order valence-corrected chi connectivity index (χ0v) is 19.6. The number of nitriles is 1. The lowest BCUT2D eigenvalue weighted by molar-refractivity contribution is -0.100. The van der Waals surface area contributed by atoms with Crippen LogP contribution in [0.5, 0.6) is 0 Å². The van der Waals surface area contributed by atoms with Crippen molar-refractivity contribution in [3.05, 3.63) is 29.8 Å². The summed E-state index contributed by atoms with van der Waals surface area (Å²) in [6, 6.07) is 10.6. The average molecular weight is 421 g/mol. The van der Waals surface area contributed by atoms with Crippen LogP contribution < -0.4 is 5.32 Å². The molecule has 0 aromatic heterocycles. The summed E-state index contributed by atoms with van der Waals surface area (Å²) in [5.41, 5.74) is 1.90. The molecule has 0 heterocycles. The highest BCUT2D eigenvalue weighted by Gasteiger charge is 2.58. The lowest BCUT2D eigenvalue weighted by atomic mass is 9.49. The standard InChI is InChI=1S/C28H40N2O/c1-18(30-21-7-4-19(17-29)5-8-21)25-10-11-26-24-9-6-20-16-27(2,31)14-12-22(20)23(24)13-15-28(25,26)3/h4-5,7-8,18,20,22-26,30-31H,6,9-16H2,1-3H3/t18-,20+,22-,23+,24+,25+,26-,27+,28+/m0/s1. The first kappa shape index (κ1) is 21.3. The second kappa shape index (κ2) is 7.80. The van der Waals surface area contributed by atoms with E-state index in [4.69, 9.17) is 5.26 Å². The highest BCUT2D eigenvalue weighted by atomic mass is 16.3. The number of benzene rings is 1. The van der Waals surface area contributed by atoms with Crippen molar-refractivity contribution in [1.29, 1.82) is 5.26 Å². The van der Waals surface area contributed by atoms with Crippen LogP contribution in [-0.4, -0.2) is 16.7 Å². The Hall–Kier alpha value is -1.53. The van der Waals surface area contributed by atoms with Gasteiger partial charge >= 0.3 is 0 Å². The highest BCUT2D eigenvalue weighted by molar-refractivity contribution is 5.48. The van der Waals surface area contributed by atoms with Gasteiger partial charge in [-0.15, -0.1) is 0 Å². The van der Waals surface area contributed by atoms with E-state index >= 15 is 0 Å². The van der Waals surface area contributed by atoms with Crippen LogP contribution in [0.1, 0.15) is 84.1 Å². The van der Waals surface area contributed by atoms with E-state index < -0.39 is 5.60 Å². The Kier molecular flexibility index (Phi) is 5.37. The fraction of sp³-hybridized carbons (Fsp3) is 0.750. The summed E-state index contributed by atoms with van der Waals surface area (Å²) < 4.78 is 0. The predicted molar refractivity (Wildman–Crippen MR) is 125 cm³/mol. The quantitative estimate of drug-likeness (QED) is 0.596. The van der Waals surface area contributed by atoms with E-state index in [1.54, 1.807) is 0 Å². The molecular weight excluding hydrogens is 380 g/mol. The molecule has 4 aliphatic carbocycles. The summed E-state index contributed by atoms with van der Waals surface area (Å²) >= 11 is 0. The molecular formula is C28H40N2O. The molecule has 4 saturated carbocycles. The van der Waals surface area contributed by atoms with Crippen molar-refractivity contribution in [3.63, 3.8) is 0 Å². The average Bonchev–Trinajstić information content (AvgIpc) is 3.10. The summed E-state index contributed by atoms with van der Waals surface area (Å²) in [4.78, 5) is 0. The number of anilines is 1. The van der Waals surface area contributed by atoms with Gasteiger partial charge in [-0.05, 0) is 137 Å². The molecule has 4 aliphatic rings. The van der Waals surface area contributed by atoms with Gasteiger partial charge in [0.15, 0.2) is 0 Å². The van der Waals surface area contributed by atoms with E-state index in [1.165, 1.54) is 44.9 Å². The van der Waals surface area contributed by atoms with Crippen molar-refractivity contribution in [2.45, 2.75) is 90.2 Å². The summed E-state index contributed by atoms with van der Waals surface area (Å²) in [7, 11) is 0. The van der Waals surface area contributed by atoms with Crippen molar-refractivity contribution >= 4 is 5.69 Å². The third-order valence-electron chi connectivity index (χ3n) is 10.3. The molecule has 1 aromatic carbocycles. The number of aliphatic hydroxyl groups is 1. The largest absolute Gasteiger partial charge is 0.390 e. The molecule has 4 fully saturated rings. The van der Waals surface area contributed by atoms with E-state index in [2.05, 4.69) is 44.3 Å². The Morgan fingerprint density at radius 3 is 2.45 bits per heavy atom. The molecule has 9 atom stereocenters. The van der Waals surface area contributed by atoms with E-state index in [-0.39, 0.29) is 0 Å². The van der Waals surface area contributed by atoms with Crippen molar-refractivity contribution in [2.75, 3.05) is 5.32 Å². The molecule has 0 radical (unpaired) electrons. The number of fused-ring (bicyclic) bond motifs is 5. The molecule has 0 aliphatic heterocycles. The van der Waals surface area contributed by atoms with E-state index in [0.717, 1.165) is 59.6 Å². The van der Waals surface area contributed by atoms with Crippen LogP contribution in [0.4, 0.5) is 5.69 Å².